The summed E-state index contributed by atoms with van der Waals surface area (Å²) in [5.41, 5.74) is 16.2. The maximum atomic E-state index is 2.55. The minimum Gasteiger partial charge on any atom is -0.0619 e. The number of fused-ring (bicyclic) bond motifs is 6. The van der Waals surface area contributed by atoms with Crippen molar-refractivity contribution in [3.8, 4) is 22.3 Å². The largest absolute Gasteiger partial charge is 0.0713 e. The highest BCUT2D eigenvalue weighted by Crippen LogP contribution is 2.60. The lowest BCUT2D eigenvalue weighted by atomic mass is 9.66. The van der Waals surface area contributed by atoms with Crippen molar-refractivity contribution < 1.29 is 0 Å². The quantitative estimate of drug-likeness (QED) is 0.203. The molecule has 7 rings (SSSR count). The normalized spacial score (nSPS) is 16.0. The van der Waals surface area contributed by atoms with Crippen molar-refractivity contribution in [2.24, 2.45) is 0 Å². The monoisotopic (exact) mass is 546 g/mol. The predicted octanol–water partition coefficient (Wildman–Crippen LogP) is 11.0. The Morgan fingerprint density at radius 3 is 1.31 bits per heavy atom. The highest BCUT2D eigenvalue weighted by atomic mass is 14.5. The van der Waals surface area contributed by atoms with E-state index in [2.05, 4.69) is 165 Å². The van der Waals surface area contributed by atoms with Gasteiger partial charge in [0.25, 0.3) is 0 Å². The van der Waals surface area contributed by atoms with Crippen LogP contribution in [0.2, 0.25) is 0 Å². The van der Waals surface area contributed by atoms with E-state index in [9.17, 15) is 0 Å². The van der Waals surface area contributed by atoms with Crippen molar-refractivity contribution in [3.05, 3.63) is 154 Å². The van der Waals surface area contributed by atoms with Gasteiger partial charge >= 0.3 is 0 Å². The Hall–Kier alpha value is -3.90. The van der Waals surface area contributed by atoms with Crippen LogP contribution >= 0.6 is 0 Å². The summed E-state index contributed by atoms with van der Waals surface area (Å²) >= 11 is 0. The molecule has 2 aliphatic rings. The minimum absolute atomic E-state index is 0.0378. The van der Waals surface area contributed by atoms with Crippen LogP contribution in [0.15, 0.2) is 109 Å². The van der Waals surface area contributed by atoms with Crippen LogP contribution in [-0.2, 0) is 21.7 Å². The molecule has 0 bridgehead atoms. The summed E-state index contributed by atoms with van der Waals surface area (Å²) in [5, 5.41) is 0. The average Bonchev–Trinajstić information content (AvgIpc) is 3.38. The lowest BCUT2D eigenvalue weighted by Gasteiger charge is -2.35. The highest BCUT2D eigenvalue weighted by molar-refractivity contribution is 5.92. The van der Waals surface area contributed by atoms with Crippen LogP contribution in [0.25, 0.3) is 22.3 Å². The first-order valence-corrected chi connectivity index (χ1v) is 15.5. The molecular weight excluding hydrogens is 504 g/mol. The smallest absolute Gasteiger partial charge is 0.0619 e. The van der Waals surface area contributed by atoms with E-state index in [0.29, 0.717) is 0 Å². The number of rotatable bonds is 2. The third-order valence-corrected chi connectivity index (χ3v) is 10.1. The van der Waals surface area contributed by atoms with Crippen molar-refractivity contribution >= 4 is 0 Å². The minimum atomic E-state index is -0.407. The van der Waals surface area contributed by atoms with E-state index < -0.39 is 5.41 Å². The fourth-order valence-electron chi connectivity index (χ4n) is 7.70. The molecule has 0 atom stereocenters. The van der Waals surface area contributed by atoms with Gasteiger partial charge in [0.15, 0.2) is 0 Å². The van der Waals surface area contributed by atoms with Crippen LogP contribution in [0, 0.1) is 0 Å². The van der Waals surface area contributed by atoms with E-state index in [4.69, 9.17) is 0 Å². The van der Waals surface area contributed by atoms with Gasteiger partial charge in [-0.05, 0) is 89.7 Å². The van der Waals surface area contributed by atoms with Crippen molar-refractivity contribution in [1.82, 2.24) is 0 Å². The molecule has 0 heterocycles. The standard InChI is InChI=1S/C42H42/c1-39(2,3)27-17-21-29(22-18-27)42(30-23-19-28(20-24-30)40(4,5)6)36-16-12-10-14-32(36)34-25-37-33(26-38(34)42)31-13-9-11-15-35(31)41(37,7)8/h9-26H,1-8H3. The predicted molar refractivity (Wildman–Crippen MR) is 179 cm³/mol. The zero-order valence-corrected chi connectivity index (χ0v) is 26.4. The van der Waals surface area contributed by atoms with Crippen molar-refractivity contribution in [1.29, 1.82) is 0 Å². The van der Waals surface area contributed by atoms with Crippen LogP contribution in [0.5, 0.6) is 0 Å². The molecule has 5 aromatic carbocycles. The first-order chi connectivity index (χ1) is 19.8. The molecule has 0 saturated carbocycles. The molecule has 0 fully saturated rings. The molecule has 0 radical (unpaired) electrons. The molecule has 0 aromatic heterocycles. The molecule has 5 aromatic rings. The van der Waals surface area contributed by atoms with Gasteiger partial charge < -0.3 is 0 Å². The Bertz CT molecular complexity index is 1770. The van der Waals surface area contributed by atoms with Crippen LogP contribution in [0.3, 0.4) is 0 Å². The van der Waals surface area contributed by atoms with Gasteiger partial charge in [-0.25, -0.2) is 0 Å². The Balaban J connectivity index is 1.58. The first-order valence-electron chi connectivity index (χ1n) is 15.5. The van der Waals surface area contributed by atoms with E-state index in [1.807, 2.05) is 0 Å². The molecule has 0 saturated heterocycles. The summed E-state index contributed by atoms with van der Waals surface area (Å²) in [7, 11) is 0. The second kappa shape index (κ2) is 8.81. The van der Waals surface area contributed by atoms with Gasteiger partial charge in [0.1, 0.15) is 0 Å². The summed E-state index contributed by atoms with van der Waals surface area (Å²) in [6.07, 6.45) is 0. The Morgan fingerprint density at radius 1 is 0.405 bits per heavy atom. The van der Waals surface area contributed by atoms with E-state index in [0.717, 1.165) is 0 Å². The van der Waals surface area contributed by atoms with Crippen LogP contribution in [0.4, 0.5) is 0 Å². The first kappa shape index (κ1) is 27.0. The zero-order valence-electron chi connectivity index (χ0n) is 26.4. The lowest BCUT2D eigenvalue weighted by Crippen LogP contribution is -2.29. The fraction of sp³-hybridized carbons (Fsp3) is 0.286. The van der Waals surface area contributed by atoms with Crippen LogP contribution < -0.4 is 0 Å². The van der Waals surface area contributed by atoms with E-state index >= 15 is 0 Å². The molecule has 0 amide bonds. The van der Waals surface area contributed by atoms with Gasteiger partial charge in [-0.2, -0.15) is 0 Å². The molecule has 0 spiro atoms. The summed E-state index contributed by atoms with van der Waals surface area (Å²) in [5.74, 6) is 0. The Kier molecular flexibility index (Phi) is 5.65. The van der Waals surface area contributed by atoms with Crippen molar-refractivity contribution in [3.63, 3.8) is 0 Å². The summed E-state index contributed by atoms with van der Waals surface area (Å²) in [6.45, 7) is 18.6. The Labute approximate surface area is 252 Å². The van der Waals surface area contributed by atoms with Gasteiger partial charge in [0.2, 0.25) is 0 Å². The molecule has 0 nitrogen and oxygen atoms in total. The molecule has 0 aliphatic heterocycles. The second-order valence-corrected chi connectivity index (χ2v) is 15.1. The summed E-state index contributed by atoms with van der Waals surface area (Å²) in [4.78, 5) is 0. The van der Waals surface area contributed by atoms with Gasteiger partial charge in [0.05, 0.1) is 5.41 Å². The molecule has 0 N–H and O–H groups in total. The van der Waals surface area contributed by atoms with E-state index in [1.54, 1.807) is 0 Å². The number of hydrogen-bond donors (Lipinski definition) is 0. The molecule has 42 heavy (non-hydrogen) atoms. The van der Waals surface area contributed by atoms with Gasteiger partial charge in [0, 0.05) is 5.41 Å². The molecule has 0 heteroatoms. The topological polar surface area (TPSA) is 0 Å². The Morgan fingerprint density at radius 2 is 0.810 bits per heavy atom. The fourth-order valence-corrected chi connectivity index (χ4v) is 7.70. The average molecular weight is 547 g/mol. The van der Waals surface area contributed by atoms with E-state index in [-0.39, 0.29) is 16.2 Å². The van der Waals surface area contributed by atoms with Gasteiger partial charge in [-0.3, -0.25) is 0 Å². The number of hydrogen-bond acceptors (Lipinski definition) is 0. The maximum Gasteiger partial charge on any atom is 0.0713 e. The maximum absolute atomic E-state index is 2.55. The third kappa shape index (κ3) is 3.67. The van der Waals surface area contributed by atoms with Crippen molar-refractivity contribution in [2.45, 2.75) is 77.0 Å². The molecule has 2 aliphatic carbocycles. The molecular formula is C42H42. The van der Waals surface area contributed by atoms with Gasteiger partial charge in [-0.1, -0.05) is 152 Å². The van der Waals surface area contributed by atoms with Crippen LogP contribution in [-0.4, -0.2) is 0 Å². The molecule has 0 unspecified atom stereocenters. The van der Waals surface area contributed by atoms with Crippen LogP contribution in [0.1, 0.15) is 99.9 Å². The molecule has 210 valence electrons. The second-order valence-electron chi connectivity index (χ2n) is 15.1. The highest BCUT2D eigenvalue weighted by Gasteiger charge is 2.48. The van der Waals surface area contributed by atoms with Crippen molar-refractivity contribution in [2.75, 3.05) is 0 Å². The SMILES string of the molecule is CC(C)(C)c1ccc(C2(c3ccc(C(C)(C)C)cc3)c3ccccc3-c3cc4c(cc32)-c2ccccc2C4(C)C)cc1. The summed E-state index contributed by atoms with van der Waals surface area (Å²) < 4.78 is 0. The zero-order chi connectivity index (χ0) is 29.7. The lowest BCUT2D eigenvalue weighted by molar-refractivity contribution is 0.588. The van der Waals surface area contributed by atoms with E-state index in [1.165, 1.54) is 66.8 Å². The van der Waals surface area contributed by atoms with Gasteiger partial charge in [-0.15, -0.1) is 0 Å². The number of benzene rings is 5. The third-order valence-electron chi connectivity index (χ3n) is 10.1. The summed E-state index contributed by atoms with van der Waals surface area (Å²) in [6, 6.07) is 42.2.